The van der Waals surface area contributed by atoms with Gasteiger partial charge in [-0.25, -0.2) is 4.98 Å². The van der Waals surface area contributed by atoms with E-state index in [0.29, 0.717) is 10.7 Å². The van der Waals surface area contributed by atoms with Gasteiger partial charge < -0.3 is 0 Å². The zero-order valence-electron chi connectivity index (χ0n) is 14.2. The molecule has 7 heteroatoms. The topological polar surface area (TPSA) is 73.9 Å². The monoisotopic (exact) mass is 355 g/mol. The average Bonchev–Trinajstić information content (AvgIpc) is 3.23. The summed E-state index contributed by atoms with van der Waals surface area (Å²) in [5.41, 5.74) is 2.35. The van der Waals surface area contributed by atoms with E-state index in [9.17, 15) is 4.79 Å². The molecule has 3 aromatic rings. The van der Waals surface area contributed by atoms with Gasteiger partial charge in [0.1, 0.15) is 0 Å². The Hall–Kier alpha value is -2.25. The van der Waals surface area contributed by atoms with Gasteiger partial charge in [-0.15, -0.1) is 11.3 Å². The second-order valence-corrected chi connectivity index (χ2v) is 7.58. The van der Waals surface area contributed by atoms with Crippen LogP contribution in [0.5, 0.6) is 0 Å². The summed E-state index contributed by atoms with van der Waals surface area (Å²) in [5, 5.41) is 13.4. The van der Waals surface area contributed by atoms with E-state index in [0.717, 1.165) is 42.1 Å². The number of amides is 1. The number of aromatic nitrogens is 3. The minimum absolute atomic E-state index is 0.164. The third kappa shape index (κ3) is 3.57. The van der Waals surface area contributed by atoms with Gasteiger partial charge in [0.15, 0.2) is 5.13 Å². The van der Waals surface area contributed by atoms with E-state index in [1.807, 2.05) is 17.5 Å². The summed E-state index contributed by atoms with van der Waals surface area (Å²) in [4.78, 5) is 19.6. The molecule has 2 N–H and O–H groups in total. The number of aromatic amines is 1. The van der Waals surface area contributed by atoms with Crippen LogP contribution in [0.15, 0.2) is 29.8 Å². The number of benzene rings is 1. The minimum Gasteiger partial charge on any atom is -0.298 e. The molecule has 1 fully saturated rings. The normalized spacial score (nSPS) is 18.5. The van der Waals surface area contributed by atoms with Gasteiger partial charge in [-0.3, -0.25) is 20.1 Å². The van der Waals surface area contributed by atoms with Gasteiger partial charge in [-0.1, -0.05) is 19.1 Å². The zero-order chi connectivity index (χ0) is 17.2. The van der Waals surface area contributed by atoms with Crippen molar-refractivity contribution in [3.05, 3.63) is 41.0 Å². The van der Waals surface area contributed by atoms with E-state index in [-0.39, 0.29) is 5.91 Å². The number of para-hydroxylation sites is 1. The maximum atomic E-state index is 12.6. The minimum atomic E-state index is -0.164. The number of anilines is 1. The Balaban J connectivity index is 1.44. The lowest BCUT2D eigenvalue weighted by Crippen LogP contribution is -2.33. The molecule has 0 aliphatic carbocycles. The number of nitrogens with zero attached hydrogens (tertiary/aromatic N) is 3. The quantitative estimate of drug-likeness (QED) is 0.751. The van der Waals surface area contributed by atoms with Crippen LogP contribution in [0.4, 0.5) is 5.13 Å². The van der Waals surface area contributed by atoms with Crippen molar-refractivity contribution in [2.75, 3.05) is 18.4 Å². The van der Waals surface area contributed by atoms with E-state index >= 15 is 0 Å². The Morgan fingerprint density at radius 3 is 3.28 bits per heavy atom. The number of carbonyl (C=O) groups excluding carboxylic acids is 1. The van der Waals surface area contributed by atoms with Crippen molar-refractivity contribution in [3.8, 4) is 0 Å². The van der Waals surface area contributed by atoms with Crippen LogP contribution in [0, 0.1) is 5.92 Å². The number of nitrogens with one attached hydrogen (secondary N) is 2. The van der Waals surface area contributed by atoms with Crippen molar-refractivity contribution in [2.45, 2.75) is 26.3 Å². The van der Waals surface area contributed by atoms with Gasteiger partial charge in [-0.2, -0.15) is 5.10 Å². The lowest BCUT2D eigenvalue weighted by molar-refractivity contribution is 0.102. The molecule has 130 valence electrons. The number of fused-ring (bicyclic) bond motifs is 1. The number of piperidine rings is 1. The molecule has 2 aromatic heterocycles. The molecule has 0 saturated carbocycles. The molecular weight excluding hydrogens is 334 g/mol. The van der Waals surface area contributed by atoms with E-state index in [2.05, 4.69) is 32.3 Å². The van der Waals surface area contributed by atoms with Crippen molar-refractivity contribution >= 4 is 33.3 Å². The SMILES string of the molecule is CC1CCCN(Cc2csc(NC(=O)c3cccc4cn[nH]c34)n2)C1. The average molecular weight is 355 g/mol. The van der Waals surface area contributed by atoms with E-state index in [4.69, 9.17) is 0 Å². The van der Waals surface area contributed by atoms with Crippen LogP contribution < -0.4 is 5.32 Å². The lowest BCUT2D eigenvalue weighted by Gasteiger charge is -2.30. The Morgan fingerprint density at radius 1 is 1.48 bits per heavy atom. The van der Waals surface area contributed by atoms with E-state index < -0.39 is 0 Å². The maximum Gasteiger partial charge on any atom is 0.259 e. The molecule has 1 amide bonds. The predicted octanol–water partition coefficient (Wildman–Crippen LogP) is 3.50. The second-order valence-electron chi connectivity index (χ2n) is 6.72. The van der Waals surface area contributed by atoms with E-state index in [1.165, 1.54) is 24.2 Å². The fourth-order valence-electron chi connectivity index (χ4n) is 3.42. The summed E-state index contributed by atoms with van der Waals surface area (Å²) in [7, 11) is 0. The Labute approximate surface area is 150 Å². The smallest absolute Gasteiger partial charge is 0.259 e. The highest BCUT2D eigenvalue weighted by atomic mass is 32.1. The van der Waals surface area contributed by atoms with E-state index in [1.54, 1.807) is 12.3 Å². The van der Waals surface area contributed by atoms with Crippen LogP contribution in [0.3, 0.4) is 0 Å². The number of hydrogen-bond donors (Lipinski definition) is 2. The summed E-state index contributed by atoms with van der Waals surface area (Å²) in [6, 6.07) is 5.58. The van der Waals surface area contributed by atoms with Crippen molar-refractivity contribution in [1.29, 1.82) is 0 Å². The summed E-state index contributed by atoms with van der Waals surface area (Å²) >= 11 is 1.47. The first kappa shape index (κ1) is 16.2. The maximum absolute atomic E-state index is 12.6. The molecule has 4 rings (SSSR count). The van der Waals surface area contributed by atoms with Gasteiger partial charge >= 0.3 is 0 Å². The number of carbonyl (C=O) groups is 1. The molecule has 0 radical (unpaired) electrons. The van der Waals surface area contributed by atoms with Crippen LogP contribution in [0.2, 0.25) is 0 Å². The summed E-state index contributed by atoms with van der Waals surface area (Å²) in [6.07, 6.45) is 4.28. The fraction of sp³-hybridized carbons (Fsp3) is 0.389. The molecule has 1 unspecified atom stereocenters. The summed E-state index contributed by atoms with van der Waals surface area (Å²) in [6.45, 7) is 5.41. The van der Waals surface area contributed by atoms with Gasteiger partial charge in [0.25, 0.3) is 5.91 Å². The molecule has 1 aliphatic heterocycles. The van der Waals surface area contributed by atoms with Gasteiger partial charge in [0.05, 0.1) is 23.0 Å². The van der Waals surface area contributed by atoms with Crippen LogP contribution in [0.1, 0.15) is 35.8 Å². The molecule has 3 heterocycles. The molecule has 6 nitrogen and oxygen atoms in total. The Kier molecular flexibility index (Phi) is 4.50. The highest BCUT2D eigenvalue weighted by Crippen LogP contribution is 2.22. The fourth-order valence-corrected chi connectivity index (χ4v) is 4.12. The standard InChI is InChI=1S/C18H21N5OS/c1-12-4-3-7-23(9-12)10-14-11-25-18(20-14)21-17(24)15-6-2-5-13-8-19-22-16(13)15/h2,5-6,8,11-12H,3-4,7,9-10H2,1H3,(H,19,22)(H,20,21,24). The van der Waals surface area contributed by atoms with Crippen LogP contribution in [-0.2, 0) is 6.54 Å². The molecule has 1 aromatic carbocycles. The zero-order valence-corrected chi connectivity index (χ0v) is 15.0. The molecule has 25 heavy (non-hydrogen) atoms. The first-order valence-electron chi connectivity index (χ1n) is 8.59. The Bertz CT molecular complexity index is 886. The lowest BCUT2D eigenvalue weighted by atomic mass is 10.0. The number of thiazole rings is 1. The van der Waals surface area contributed by atoms with Gasteiger partial charge in [0, 0.05) is 23.9 Å². The third-order valence-electron chi connectivity index (χ3n) is 4.62. The van der Waals surface area contributed by atoms with Gasteiger partial charge in [0.2, 0.25) is 0 Å². The first-order valence-corrected chi connectivity index (χ1v) is 9.47. The number of H-pyrrole nitrogens is 1. The number of rotatable bonds is 4. The Morgan fingerprint density at radius 2 is 2.40 bits per heavy atom. The number of hydrogen-bond acceptors (Lipinski definition) is 5. The first-order chi connectivity index (χ1) is 12.2. The molecule has 1 saturated heterocycles. The molecular formula is C18H21N5OS. The molecule has 0 bridgehead atoms. The van der Waals surface area contributed by atoms with Crippen LogP contribution in [-0.4, -0.2) is 39.1 Å². The predicted molar refractivity (Wildman–Crippen MR) is 99.8 cm³/mol. The largest absolute Gasteiger partial charge is 0.298 e. The second kappa shape index (κ2) is 6.93. The van der Waals surface area contributed by atoms with Crippen molar-refractivity contribution in [1.82, 2.24) is 20.1 Å². The van der Waals surface area contributed by atoms with Crippen molar-refractivity contribution < 1.29 is 4.79 Å². The van der Waals surface area contributed by atoms with Crippen molar-refractivity contribution in [3.63, 3.8) is 0 Å². The third-order valence-corrected chi connectivity index (χ3v) is 5.43. The summed E-state index contributed by atoms with van der Waals surface area (Å²) in [5.74, 6) is 0.587. The summed E-state index contributed by atoms with van der Waals surface area (Å²) < 4.78 is 0. The van der Waals surface area contributed by atoms with Gasteiger partial charge in [-0.05, 0) is 31.4 Å². The molecule has 1 atom stereocenters. The highest BCUT2D eigenvalue weighted by molar-refractivity contribution is 7.14. The number of likely N-dealkylation sites (tertiary alicyclic amines) is 1. The molecule has 1 aliphatic rings. The van der Waals surface area contributed by atoms with Crippen LogP contribution in [0.25, 0.3) is 10.9 Å². The molecule has 0 spiro atoms. The van der Waals surface area contributed by atoms with Crippen LogP contribution >= 0.6 is 11.3 Å². The highest BCUT2D eigenvalue weighted by Gasteiger charge is 2.18. The van der Waals surface area contributed by atoms with Crippen molar-refractivity contribution in [2.24, 2.45) is 5.92 Å².